The fourth-order valence-corrected chi connectivity index (χ4v) is 0.161. The molecular weight excluding hydrogens is 198 g/mol. The van der Waals surface area contributed by atoms with Crippen LogP contribution in [0.1, 0.15) is 0 Å². The van der Waals surface area contributed by atoms with Gasteiger partial charge in [-0.1, -0.05) is 0 Å². The van der Waals surface area contributed by atoms with Crippen molar-refractivity contribution in [2.45, 2.75) is 12.4 Å². The van der Waals surface area contributed by atoms with E-state index in [1.54, 1.807) is 0 Å². The minimum absolute atomic E-state index is 0. The number of carbonyl (C=O) groups excluding carboxylic acids is 1. The van der Waals surface area contributed by atoms with E-state index in [9.17, 15) is 31.1 Å². The van der Waals surface area contributed by atoms with Crippen LogP contribution in [-0.2, 0) is 4.79 Å². The number of halogens is 6. The molecule has 0 fully saturated rings. The number of hydrogen-bond donors (Lipinski definition) is 0. The van der Waals surface area contributed by atoms with Crippen LogP contribution in [0.2, 0.25) is 0 Å². The molecule has 0 aliphatic rings. The SMILES string of the molecule is O.O.O=C(C(F)(F)F)C(F)(F)F. The van der Waals surface area contributed by atoms with Crippen LogP contribution < -0.4 is 0 Å². The molecule has 0 atom stereocenters. The highest BCUT2D eigenvalue weighted by molar-refractivity contribution is 5.89. The van der Waals surface area contributed by atoms with Gasteiger partial charge in [-0.15, -0.1) is 0 Å². The third kappa shape index (κ3) is 4.91. The van der Waals surface area contributed by atoms with E-state index < -0.39 is 18.1 Å². The number of carbonyl (C=O) groups is 1. The van der Waals surface area contributed by atoms with Gasteiger partial charge in [-0.3, -0.25) is 4.79 Å². The Bertz CT molecular complexity index is 129. The Hall–Kier alpha value is -0.830. The molecule has 4 N–H and O–H groups in total. The van der Waals surface area contributed by atoms with Gasteiger partial charge in [0.1, 0.15) is 0 Å². The van der Waals surface area contributed by atoms with E-state index >= 15 is 0 Å². The predicted molar refractivity (Wildman–Crippen MR) is 24.3 cm³/mol. The lowest BCUT2D eigenvalue weighted by Gasteiger charge is -2.06. The summed E-state index contributed by atoms with van der Waals surface area (Å²) >= 11 is 0. The Labute approximate surface area is 61.6 Å². The maximum Gasteiger partial charge on any atom is 0.459 e. The van der Waals surface area contributed by atoms with Crippen LogP contribution in [-0.4, -0.2) is 29.1 Å². The largest absolute Gasteiger partial charge is 0.459 e. The van der Waals surface area contributed by atoms with E-state index in [2.05, 4.69) is 0 Å². The van der Waals surface area contributed by atoms with Gasteiger partial charge in [0, 0.05) is 0 Å². The maximum absolute atomic E-state index is 10.9. The molecule has 0 radical (unpaired) electrons. The van der Waals surface area contributed by atoms with Crippen LogP contribution in [0, 0.1) is 0 Å². The molecule has 0 heterocycles. The predicted octanol–water partition coefficient (Wildman–Crippen LogP) is 0.0307. The quantitative estimate of drug-likeness (QED) is 0.510. The van der Waals surface area contributed by atoms with Gasteiger partial charge in [0.25, 0.3) is 0 Å². The molecule has 0 aliphatic heterocycles. The van der Waals surface area contributed by atoms with Crippen molar-refractivity contribution in [2.75, 3.05) is 0 Å². The van der Waals surface area contributed by atoms with Crippen molar-refractivity contribution < 1.29 is 42.1 Å². The lowest BCUT2D eigenvalue weighted by atomic mass is 10.4. The van der Waals surface area contributed by atoms with Gasteiger partial charge in [0.05, 0.1) is 0 Å². The summed E-state index contributed by atoms with van der Waals surface area (Å²) in [6.07, 6.45) is -11.6. The average Bonchev–Trinajstić information content (AvgIpc) is 1.59. The van der Waals surface area contributed by atoms with Gasteiger partial charge in [0.15, 0.2) is 0 Å². The minimum atomic E-state index is -5.82. The Morgan fingerprint density at radius 2 is 0.917 bits per heavy atom. The standard InChI is InChI=1S/C3F6O.2H2O/c4-2(5,6)1(10)3(7,8)9;;/h;2*1H2. The van der Waals surface area contributed by atoms with Gasteiger partial charge in [0.2, 0.25) is 0 Å². The zero-order chi connectivity index (χ0) is 8.58. The first kappa shape index (κ1) is 17.3. The van der Waals surface area contributed by atoms with Crippen molar-refractivity contribution in [3.05, 3.63) is 0 Å². The molecular formula is C3H4F6O3. The van der Waals surface area contributed by atoms with E-state index in [1.165, 1.54) is 0 Å². The number of hydrogen-bond acceptors (Lipinski definition) is 1. The minimum Gasteiger partial charge on any atom is -0.412 e. The summed E-state index contributed by atoms with van der Waals surface area (Å²) in [6.45, 7) is 0. The molecule has 0 aliphatic carbocycles. The molecule has 0 saturated carbocycles. The highest BCUT2D eigenvalue weighted by Gasteiger charge is 2.55. The summed E-state index contributed by atoms with van der Waals surface area (Å²) < 4.78 is 65.3. The first-order valence-electron chi connectivity index (χ1n) is 1.84. The molecule has 0 spiro atoms. The van der Waals surface area contributed by atoms with E-state index in [-0.39, 0.29) is 11.0 Å². The number of rotatable bonds is 0. The molecule has 0 aromatic carbocycles. The summed E-state index contributed by atoms with van der Waals surface area (Å²) in [7, 11) is 0. The molecule has 0 saturated heterocycles. The van der Waals surface area contributed by atoms with Gasteiger partial charge >= 0.3 is 18.1 Å². The number of Topliss-reactive ketones (excluding diaryl/α,β-unsaturated/α-hetero) is 1. The number of ketones is 1. The van der Waals surface area contributed by atoms with Gasteiger partial charge < -0.3 is 11.0 Å². The summed E-state index contributed by atoms with van der Waals surface area (Å²) in [5.41, 5.74) is 0. The molecule has 3 nitrogen and oxygen atoms in total. The van der Waals surface area contributed by atoms with Crippen molar-refractivity contribution >= 4 is 5.78 Å². The van der Waals surface area contributed by atoms with Gasteiger partial charge in [-0.05, 0) is 0 Å². The van der Waals surface area contributed by atoms with Crippen LogP contribution in [0.5, 0.6) is 0 Å². The summed E-state index contributed by atoms with van der Waals surface area (Å²) in [5.74, 6) is -3.68. The second-order valence-electron chi connectivity index (χ2n) is 1.32. The Morgan fingerprint density at radius 3 is 0.917 bits per heavy atom. The maximum atomic E-state index is 10.9. The molecule has 76 valence electrons. The second-order valence-corrected chi connectivity index (χ2v) is 1.32. The highest BCUT2D eigenvalue weighted by Crippen LogP contribution is 2.28. The topological polar surface area (TPSA) is 80.1 Å². The molecule has 0 rings (SSSR count). The van der Waals surface area contributed by atoms with Crippen molar-refractivity contribution in [1.29, 1.82) is 0 Å². The van der Waals surface area contributed by atoms with E-state index in [0.29, 0.717) is 0 Å². The average molecular weight is 202 g/mol. The monoisotopic (exact) mass is 202 g/mol. The molecule has 0 amide bonds. The fraction of sp³-hybridized carbons (Fsp3) is 0.667. The zero-order valence-corrected chi connectivity index (χ0v) is 5.18. The lowest BCUT2D eigenvalue weighted by molar-refractivity contribution is -0.217. The molecule has 0 aromatic rings. The number of alkyl halides is 6. The second kappa shape index (κ2) is 4.26. The molecule has 12 heavy (non-hydrogen) atoms. The molecule has 9 heteroatoms. The zero-order valence-electron chi connectivity index (χ0n) is 5.18. The highest BCUT2D eigenvalue weighted by atomic mass is 19.4. The first-order chi connectivity index (χ1) is 4.15. The molecule has 0 aromatic heterocycles. The van der Waals surface area contributed by atoms with Gasteiger partial charge in [-0.2, -0.15) is 26.3 Å². The summed E-state index contributed by atoms with van der Waals surface area (Å²) in [6, 6.07) is 0. The Balaban J connectivity index is -0.000000405. The first-order valence-corrected chi connectivity index (χ1v) is 1.84. The molecule has 0 bridgehead atoms. The van der Waals surface area contributed by atoms with Crippen LogP contribution in [0.3, 0.4) is 0 Å². The van der Waals surface area contributed by atoms with Crippen molar-refractivity contribution in [3.8, 4) is 0 Å². The fourth-order valence-electron chi connectivity index (χ4n) is 0.161. The van der Waals surface area contributed by atoms with Crippen LogP contribution in [0.4, 0.5) is 26.3 Å². The lowest BCUT2D eigenvalue weighted by Crippen LogP contribution is -2.36. The third-order valence-electron chi connectivity index (χ3n) is 0.515. The van der Waals surface area contributed by atoms with Crippen LogP contribution >= 0.6 is 0 Å². The van der Waals surface area contributed by atoms with Gasteiger partial charge in [-0.25, -0.2) is 0 Å². The third-order valence-corrected chi connectivity index (χ3v) is 0.515. The van der Waals surface area contributed by atoms with Crippen molar-refractivity contribution in [3.63, 3.8) is 0 Å². The summed E-state index contributed by atoms with van der Waals surface area (Å²) in [5, 5.41) is 0. The van der Waals surface area contributed by atoms with Crippen LogP contribution in [0.15, 0.2) is 0 Å². The smallest absolute Gasteiger partial charge is 0.412 e. The van der Waals surface area contributed by atoms with Crippen LogP contribution in [0.25, 0.3) is 0 Å². The normalized spacial score (nSPS) is 11.2. The van der Waals surface area contributed by atoms with E-state index in [0.717, 1.165) is 0 Å². The Kier molecular flexibility index (Phi) is 6.14. The Morgan fingerprint density at radius 1 is 0.750 bits per heavy atom. The van der Waals surface area contributed by atoms with E-state index in [4.69, 9.17) is 0 Å². The summed E-state index contributed by atoms with van der Waals surface area (Å²) in [4.78, 5) is 9.24. The van der Waals surface area contributed by atoms with E-state index in [1.807, 2.05) is 0 Å². The molecule has 0 unspecified atom stereocenters. The van der Waals surface area contributed by atoms with Crippen molar-refractivity contribution in [1.82, 2.24) is 0 Å². The van der Waals surface area contributed by atoms with Crippen molar-refractivity contribution in [2.24, 2.45) is 0 Å².